The number of hydrogen-bond acceptors (Lipinski definition) is 5. The van der Waals surface area contributed by atoms with E-state index in [4.69, 9.17) is 15.6 Å². The van der Waals surface area contributed by atoms with Crippen molar-refractivity contribution in [1.82, 2.24) is 14.8 Å². The molecule has 192 valence electrons. The average Bonchev–Trinajstić information content (AvgIpc) is 3.57. The minimum atomic E-state index is -0.879. The molecule has 3 aromatic carbocycles. The average molecular weight is 507 g/mol. The minimum Gasteiger partial charge on any atom is -0.487 e. The Hall–Kier alpha value is -4.39. The van der Waals surface area contributed by atoms with Crippen molar-refractivity contribution in [2.45, 2.75) is 51.7 Å². The van der Waals surface area contributed by atoms with Crippen LogP contribution >= 0.6 is 0 Å². The van der Waals surface area contributed by atoms with Crippen molar-refractivity contribution in [3.63, 3.8) is 0 Å². The van der Waals surface area contributed by atoms with Crippen molar-refractivity contribution in [2.75, 3.05) is 5.73 Å². The molecule has 0 spiro atoms. The SMILES string of the molecule is Cc1cccc(OCc2nn(C3CCCC3)c3ccc(-c4ccc5ccnc(N)c5c4)cc23)c1CC(=O)O. The number of nitrogen functional groups attached to an aromatic ring is 1. The lowest BCUT2D eigenvalue weighted by atomic mass is 10.00. The zero-order valence-corrected chi connectivity index (χ0v) is 21.4. The second-order valence-electron chi connectivity index (χ2n) is 10.1. The van der Waals surface area contributed by atoms with E-state index in [-0.39, 0.29) is 13.0 Å². The van der Waals surface area contributed by atoms with Gasteiger partial charge in [0.05, 0.1) is 18.0 Å². The molecule has 0 unspecified atom stereocenters. The standard InChI is InChI=1S/C31H30N4O3/c1-19-5-4-8-29(24(19)17-30(36)37)38-18-27-26-16-22(11-12-28(26)35(34-27)23-6-2-3-7-23)21-10-9-20-13-14-33-31(32)25(20)15-21/h4-5,8-16,23H,2-3,6-7,17-18H2,1H3,(H2,32,33)(H,36,37). The molecule has 0 atom stereocenters. The van der Waals surface area contributed by atoms with Gasteiger partial charge in [0.1, 0.15) is 23.9 Å². The molecule has 7 heteroatoms. The number of ether oxygens (including phenoxy) is 1. The largest absolute Gasteiger partial charge is 0.487 e. The first kappa shape index (κ1) is 24.0. The first-order valence-corrected chi connectivity index (χ1v) is 13.1. The fourth-order valence-electron chi connectivity index (χ4n) is 5.62. The molecule has 38 heavy (non-hydrogen) atoms. The summed E-state index contributed by atoms with van der Waals surface area (Å²) in [5, 5.41) is 17.5. The summed E-state index contributed by atoms with van der Waals surface area (Å²) in [6.45, 7) is 2.16. The van der Waals surface area contributed by atoms with Crippen molar-refractivity contribution in [1.29, 1.82) is 0 Å². The van der Waals surface area contributed by atoms with Gasteiger partial charge < -0.3 is 15.6 Å². The van der Waals surface area contributed by atoms with Crippen LogP contribution in [0.25, 0.3) is 32.8 Å². The van der Waals surface area contributed by atoms with E-state index in [0.29, 0.717) is 23.2 Å². The predicted octanol–water partition coefficient (Wildman–Crippen LogP) is 6.46. The van der Waals surface area contributed by atoms with Crippen molar-refractivity contribution in [3.8, 4) is 16.9 Å². The van der Waals surface area contributed by atoms with Crippen LogP contribution in [0.1, 0.15) is 48.5 Å². The van der Waals surface area contributed by atoms with E-state index in [2.05, 4.69) is 46.1 Å². The quantitative estimate of drug-likeness (QED) is 0.262. The van der Waals surface area contributed by atoms with Gasteiger partial charge in [-0.25, -0.2) is 4.98 Å². The first-order valence-electron chi connectivity index (χ1n) is 13.1. The Morgan fingerprint density at radius 2 is 1.82 bits per heavy atom. The first-order chi connectivity index (χ1) is 18.5. The highest BCUT2D eigenvalue weighted by molar-refractivity contribution is 5.95. The summed E-state index contributed by atoms with van der Waals surface area (Å²) in [7, 11) is 0. The van der Waals surface area contributed by atoms with Gasteiger partial charge in [0.2, 0.25) is 0 Å². The summed E-state index contributed by atoms with van der Waals surface area (Å²) in [6, 6.07) is 20.7. The minimum absolute atomic E-state index is 0.0800. The maximum Gasteiger partial charge on any atom is 0.307 e. The van der Waals surface area contributed by atoms with Crippen LogP contribution in [0, 0.1) is 6.92 Å². The number of fused-ring (bicyclic) bond motifs is 2. The molecule has 1 aliphatic rings. The molecule has 7 nitrogen and oxygen atoms in total. The van der Waals surface area contributed by atoms with Crippen LogP contribution in [-0.4, -0.2) is 25.8 Å². The monoisotopic (exact) mass is 506 g/mol. The van der Waals surface area contributed by atoms with E-state index in [0.717, 1.165) is 56.9 Å². The third-order valence-electron chi connectivity index (χ3n) is 7.64. The second-order valence-corrected chi connectivity index (χ2v) is 10.1. The number of carboxylic acids is 1. The van der Waals surface area contributed by atoms with Gasteiger partial charge in [-0.2, -0.15) is 5.10 Å². The Morgan fingerprint density at radius 3 is 2.61 bits per heavy atom. The predicted molar refractivity (Wildman–Crippen MR) is 149 cm³/mol. The maximum absolute atomic E-state index is 11.5. The third kappa shape index (κ3) is 4.45. The molecule has 0 aliphatic heterocycles. The van der Waals surface area contributed by atoms with Crippen LogP contribution in [0.4, 0.5) is 5.82 Å². The van der Waals surface area contributed by atoms with Crippen LogP contribution in [-0.2, 0) is 17.8 Å². The van der Waals surface area contributed by atoms with E-state index < -0.39 is 5.97 Å². The zero-order valence-electron chi connectivity index (χ0n) is 21.4. The number of nitrogens with zero attached hydrogens (tertiary/aromatic N) is 3. The summed E-state index contributed by atoms with van der Waals surface area (Å²) in [4.78, 5) is 15.7. The van der Waals surface area contributed by atoms with Crippen molar-refractivity contribution < 1.29 is 14.6 Å². The molecule has 1 aliphatic carbocycles. The van der Waals surface area contributed by atoms with Gasteiger partial charge in [-0.15, -0.1) is 0 Å². The van der Waals surface area contributed by atoms with Gasteiger partial charge in [0, 0.05) is 22.5 Å². The van der Waals surface area contributed by atoms with Crippen LogP contribution in [0.15, 0.2) is 66.9 Å². The number of hydrogen-bond donors (Lipinski definition) is 2. The molecular weight excluding hydrogens is 476 g/mol. The van der Waals surface area contributed by atoms with Crippen molar-refractivity contribution in [3.05, 3.63) is 83.7 Å². The van der Waals surface area contributed by atoms with E-state index in [1.165, 1.54) is 12.8 Å². The molecule has 2 aromatic heterocycles. The van der Waals surface area contributed by atoms with Crippen LogP contribution < -0.4 is 10.5 Å². The smallest absolute Gasteiger partial charge is 0.307 e. The number of nitrogens with two attached hydrogens (primary N) is 1. The number of rotatable bonds is 7. The van der Waals surface area contributed by atoms with Crippen molar-refractivity contribution in [2.24, 2.45) is 0 Å². The molecule has 1 saturated carbocycles. The van der Waals surface area contributed by atoms with E-state index in [1.54, 1.807) is 6.20 Å². The number of aliphatic carboxylic acids is 1. The molecule has 2 heterocycles. The van der Waals surface area contributed by atoms with E-state index in [9.17, 15) is 9.90 Å². The number of aryl methyl sites for hydroxylation is 1. The number of aromatic nitrogens is 3. The molecule has 0 saturated heterocycles. The number of carboxylic acid groups (broad SMARTS) is 1. The highest BCUT2D eigenvalue weighted by atomic mass is 16.5. The normalized spacial score (nSPS) is 13.9. The second kappa shape index (κ2) is 9.82. The Labute approximate surface area is 220 Å². The number of carbonyl (C=O) groups is 1. The Kier molecular flexibility index (Phi) is 6.19. The van der Waals surface area contributed by atoms with Gasteiger partial charge in [-0.1, -0.05) is 43.2 Å². The number of anilines is 1. The summed E-state index contributed by atoms with van der Waals surface area (Å²) < 4.78 is 8.41. The summed E-state index contributed by atoms with van der Waals surface area (Å²) in [6.07, 6.45) is 6.31. The molecule has 3 N–H and O–H groups in total. The third-order valence-corrected chi connectivity index (χ3v) is 7.64. The highest BCUT2D eigenvalue weighted by Crippen LogP contribution is 2.36. The number of pyridine rings is 1. The van der Waals surface area contributed by atoms with Gasteiger partial charge in [-0.3, -0.25) is 9.48 Å². The fraction of sp³-hybridized carbons (Fsp3) is 0.258. The summed E-state index contributed by atoms with van der Waals surface area (Å²) >= 11 is 0. The molecule has 5 aromatic rings. The van der Waals surface area contributed by atoms with Gasteiger partial charge >= 0.3 is 5.97 Å². The van der Waals surface area contributed by atoms with Crippen molar-refractivity contribution >= 4 is 33.5 Å². The molecule has 1 fully saturated rings. The van der Waals surface area contributed by atoms with Crippen LogP contribution in [0.3, 0.4) is 0 Å². The molecule has 0 amide bonds. The van der Waals surface area contributed by atoms with E-state index in [1.807, 2.05) is 31.2 Å². The molecule has 6 rings (SSSR count). The highest BCUT2D eigenvalue weighted by Gasteiger charge is 2.22. The zero-order chi connectivity index (χ0) is 26.2. The Bertz CT molecular complexity index is 1670. The lowest BCUT2D eigenvalue weighted by Gasteiger charge is -2.12. The van der Waals surface area contributed by atoms with Gasteiger partial charge in [0.25, 0.3) is 0 Å². The van der Waals surface area contributed by atoms with Gasteiger partial charge in [-0.05, 0) is 72.2 Å². The summed E-state index contributed by atoms with van der Waals surface area (Å²) in [5.74, 6) is 0.226. The molecular formula is C31H30N4O3. The number of benzene rings is 3. The van der Waals surface area contributed by atoms with Crippen LogP contribution in [0.5, 0.6) is 5.75 Å². The Balaban J connectivity index is 1.41. The van der Waals surface area contributed by atoms with E-state index >= 15 is 0 Å². The maximum atomic E-state index is 11.5. The fourth-order valence-corrected chi connectivity index (χ4v) is 5.62. The topological polar surface area (TPSA) is 103 Å². The molecule has 0 radical (unpaired) electrons. The summed E-state index contributed by atoms with van der Waals surface area (Å²) in [5.41, 5.74) is 11.8. The Morgan fingerprint density at radius 1 is 1.05 bits per heavy atom. The van der Waals surface area contributed by atoms with Crippen LogP contribution in [0.2, 0.25) is 0 Å². The van der Waals surface area contributed by atoms with Gasteiger partial charge in [0.15, 0.2) is 0 Å². The lowest BCUT2D eigenvalue weighted by molar-refractivity contribution is -0.136. The molecule has 0 bridgehead atoms. The lowest BCUT2D eigenvalue weighted by Crippen LogP contribution is -2.08.